The van der Waals surface area contributed by atoms with Crippen molar-refractivity contribution in [1.82, 2.24) is 13.6 Å². The summed E-state index contributed by atoms with van der Waals surface area (Å²) in [6.07, 6.45) is 8.99. The SMILES string of the molecule is O=C(O)C1(c2ccccc2)CCN(S(=O)(=O)c2cnc(N3CCC(CCCC4CCN(S(=O)(=O)c5cc(Br)c(Cl)s5)CC4)CC3)c(Br)c2)CC1. The average Bonchev–Trinajstić information content (AvgIpc) is 3.47. The zero-order valence-corrected chi connectivity index (χ0v) is 33.9. The Kier molecular flexibility index (Phi) is 12.0. The lowest BCUT2D eigenvalue weighted by molar-refractivity contribution is -0.145. The van der Waals surface area contributed by atoms with Crippen LogP contribution in [0.2, 0.25) is 4.34 Å². The van der Waals surface area contributed by atoms with Gasteiger partial charge in [0.1, 0.15) is 19.3 Å². The Bertz CT molecular complexity index is 1870. The Hall–Kier alpha value is -1.59. The third kappa shape index (κ3) is 7.99. The van der Waals surface area contributed by atoms with Crippen molar-refractivity contribution in [2.75, 3.05) is 44.2 Å². The minimum atomic E-state index is -3.85. The number of carbonyl (C=O) groups is 1. The van der Waals surface area contributed by atoms with E-state index in [2.05, 4.69) is 41.7 Å². The van der Waals surface area contributed by atoms with Crippen LogP contribution in [0.25, 0.3) is 0 Å². The van der Waals surface area contributed by atoms with Gasteiger partial charge in [0.15, 0.2) is 0 Å². The van der Waals surface area contributed by atoms with E-state index >= 15 is 0 Å². The smallest absolute Gasteiger partial charge is 0.314 e. The van der Waals surface area contributed by atoms with Crippen molar-refractivity contribution in [2.24, 2.45) is 11.8 Å². The van der Waals surface area contributed by atoms with E-state index in [1.54, 1.807) is 28.6 Å². The van der Waals surface area contributed by atoms with E-state index in [9.17, 15) is 26.7 Å². The fraction of sp³-hybridized carbons (Fsp3) is 0.529. The second-order valence-corrected chi connectivity index (χ2v) is 21.0. The van der Waals surface area contributed by atoms with Gasteiger partial charge in [0, 0.05) is 49.9 Å². The van der Waals surface area contributed by atoms with Gasteiger partial charge >= 0.3 is 5.97 Å². The van der Waals surface area contributed by atoms with Crippen molar-refractivity contribution < 1.29 is 26.7 Å². The highest BCUT2D eigenvalue weighted by atomic mass is 79.9. The molecule has 0 radical (unpaired) electrons. The van der Waals surface area contributed by atoms with Crippen molar-refractivity contribution in [3.63, 3.8) is 0 Å². The first-order valence-electron chi connectivity index (χ1n) is 17.0. The predicted octanol–water partition coefficient (Wildman–Crippen LogP) is 7.62. The molecule has 3 aliphatic rings. The van der Waals surface area contributed by atoms with Crippen molar-refractivity contribution in [3.05, 3.63) is 67.5 Å². The molecule has 16 heteroatoms. The van der Waals surface area contributed by atoms with E-state index in [0.29, 0.717) is 43.8 Å². The fourth-order valence-corrected chi connectivity index (χ4v) is 13.7. The van der Waals surface area contributed by atoms with Crippen LogP contribution in [-0.4, -0.2) is 80.8 Å². The zero-order valence-electron chi connectivity index (χ0n) is 27.5. The Morgan fingerprint density at radius 2 is 1.44 bits per heavy atom. The van der Waals surface area contributed by atoms with E-state index in [-0.39, 0.29) is 35.0 Å². The summed E-state index contributed by atoms with van der Waals surface area (Å²) in [4.78, 5) is 19.2. The van der Waals surface area contributed by atoms with E-state index in [0.717, 1.165) is 75.2 Å². The number of carboxylic acids is 1. The van der Waals surface area contributed by atoms with Gasteiger partial charge in [-0.15, -0.1) is 11.3 Å². The van der Waals surface area contributed by atoms with Crippen molar-refractivity contribution >= 4 is 86.6 Å². The molecule has 0 saturated carbocycles. The fourth-order valence-electron chi connectivity index (χ4n) is 7.58. The van der Waals surface area contributed by atoms with E-state index < -0.39 is 31.4 Å². The van der Waals surface area contributed by atoms with Crippen LogP contribution in [0.15, 0.2) is 66.7 Å². The molecule has 272 valence electrons. The number of aliphatic carboxylic acids is 1. The third-order valence-corrected chi connectivity index (χ3v) is 17.9. The number of thiophene rings is 1. The number of nitrogens with zero attached hydrogens (tertiary/aromatic N) is 4. The molecule has 6 rings (SSSR count). The Morgan fingerprint density at radius 3 is 1.98 bits per heavy atom. The van der Waals surface area contributed by atoms with Gasteiger partial charge in [-0.2, -0.15) is 8.61 Å². The first kappa shape index (κ1) is 38.1. The summed E-state index contributed by atoms with van der Waals surface area (Å²) < 4.78 is 58.2. The van der Waals surface area contributed by atoms with E-state index in [4.69, 9.17) is 11.6 Å². The van der Waals surface area contributed by atoms with Crippen LogP contribution in [0.1, 0.15) is 63.4 Å². The van der Waals surface area contributed by atoms with Gasteiger partial charge in [-0.25, -0.2) is 21.8 Å². The number of rotatable bonds is 11. The molecule has 3 aromatic rings. The van der Waals surface area contributed by atoms with Gasteiger partial charge in [0.25, 0.3) is 10.0 Å². The van der Waals surface area contributed by atoms with Crippen LogP contribution >= 0.6 is 54.8 Å². The van der Waals surface area contributed by atoms with Gasteiger partial charge in [0.05, 0.1) is 9.89 Å². The van der Waals surface area contributed by atoms with Crippen molar-refractivity contribution in [3.8, 4) is 0 Å². The van der Waals surface area contributed by atoms with Crippen LogP contribution in [0.5, 0.6) is 0 Å². The molecule has 5 heterocycles. The van der Waals surface area contributed by atoms with Gasteiger partial charge in [-0.05, 0) is 99.9 Å². The molecular weight excluding hydrogens is 852 g/mol. The molecule has 2 aromatic heterocycles. The first-order chi connectivity index (χ1) is 23.8. The lowest BCUT2D eigenvalue weighted by Crippen LogP contribution is -2.49. The average molecular weight is 893 g/mol. The number of hydrogen-bond acceptors (Lipinski definition) is 8. The molecular formula is C34H41Br2ClN4O6S3. The first-order valence-corrected chi connectivity index (χ1v) is 22.6. The highest BCUT2D eigenvalue weighted by molar-refractivity contribution is 9.11. The largest absolute Gasteiger partial charge is 0.481 e. The summed E-state index contributed by atoms with van der Waals surface area (Å²) in [6.45, 7) is 2.98. The maximum Gasteiger partial charge on any atom is 0.314 e. The Labute approximate surface area is 320 Å². The maximum atomic E-state index is 13.6. The number of piperidine rings is 3. The van der Waals surface area contributed by atoms with Gasteiger partial charge < -0.3 is 10.0 Å². The van der Waals surface area contributed by atoms with Crippen LogP contribution in [-0.2, 0) is 30.3 Å². The highest BCUT2D eigenvalue weighted by Gasteiger charge is 2.45. The number of pyridine rings is 1. The molecule has 10 nitrogen and oxygen atoms in total. The van der Waals surface area contributed by atoms with Gasteiger partial charge in [0.2, 0.25) is 10.0 Å². The van der Waals surface area contributed by atoms with Gasteiger partial charge in [-0.1, -0.05) is 61.2 Å². The van der Waals surface area contributed by atoms with Crippen molar-refractivity contribution in [2.45, 2.75) is 72.3 Å². The maximum absolute atomic E-state index is 13.6. The Balaban J connectivity index is 0.956. The lowest BCUT2D eigenvalue weighted by atomic mass is 9.73. The van der Waals surface area contributed by atoms with Crippen LogP contribution in [0.3, 0.4) is 0 Å². The van der Waals surface area contributed by atoms with E-state index in [1.165, 1.54) is 10.5 Å². The molecule has 0 unspecified atom stereocenters. The topological polar surface area (TPSA) is 128 Å². The van der Waals surface area contributed by atoms with Crippen LogP contribution in [0.4, 0.5) is 5.82 Å². The summed E-state index contributed by atoms with van der Waals surface area (Å²) in [5.74, 6) is 0.942. The predicted molar refractivity (Wildman–Crippen MR) is 203 cm³/mol. The van der Waals surface area contributed by atoms with Crippen LogP contribution < -0.4 is 4.90 Å². The molecule has 1 aromatic carbocycles. The lowest BCUT2D eigenvalue weighted by Gasteiger charge is -2.38. The number of hydrogen-bond donors (Lipinski definition) is 1. The standard InChI is InChI=1S/C34H41Br2ClN4O6S3/c35-28-22-30(48-31(28)37)50(46,47)40-17-11-25(12-18-40)6-4-5-24-9-15-39(16-10-24)32-29(36)21-27(23-38-32)49(44,45)41-19-13-34(14-20-41,33(42)43)26-7-2-1-3-8-26/h1-3,7-8,21-25H,4-6,9-20H2,(H,42,43). The monoisotopic (exact) mass is 890 g/mol. The zero-order chi connectivity index (χ0) is 35.7. The molecule has 0 bridgehead atoms. The molecule has 3 aliphatic heterocycles. The highest BCUT2D eigenvalue weighted by Crippen LogP contribution is 2.40. The summed E-state index contributed by atoms with van der Waals surface area (Å²) >= 11 is 14.1. The summed E-state index contributed by atoms with van der Waals surface area (Å²) in [6, 6.07) is 12.3. The quantitative estimate of drug-likeness (QED) is 0.209. The van der Waals surface area contributed by atoms with Crippen molar-refractivity contribution in [1.29, 1.82) is 0 Å². The second kappa shape index (κ2) is 15.8. The molecule has 0 aliphatic carbocycles. The minimum absolute atomic E-state index is 0.0953. The van der Waals surface area contributed by atoms with Gasteiger partial charge in [-0.3, -0.25) is 4.79 Å². The molecule has 1 N–H and O–H groups in total. The molecule has 0 atom stereocenters. The normalized spacial score (nSPS) is 20.3. The summed E-state index contributed by atoms with van der Waals surface area (Å²) in [5, 5.41) is 10.1. The van der Waals surface area contributed by atoms with E-state index in [1.807, 2.05) is 18.2 Å². The summed E-state index contributed by atoms with van der Waals surface area (Å²) in [5.41, 5.74) is -0.410. The molecule has 3 saturated heterocycles. The Morgan fingerprint density at radius 1 is 0.860 bits per heavy atom. The number of anilines is 1. The summed E-state index contributed by atoms with van der Waals surface area (Å²) in [7, 11) is -7.36. The number of benzene rings is 1. The molecule has 50 heavy (non-hydrogen) atoms. The number of carboxylic acid groups (broad SMARTS) is 1. The second-order valence-electron chi connectivity index (χ2n) is 13.5. The molecule has 0 amide bonds. The minimum Gasteiger partial charge on any atom is -0.481 e. The molecule has 3 fully saturated rings. The number of halogens is 3. The van der Waals surface area contributed by atoms with Crippen LogP contribution in [0, 0.1) is 11.8 Å². The third-order valence-electron chi connectivity index (χ3n) is 10.7. The number of sulfonamides is 2. The molecule has 0 spiro atoms. The number of aromatic nitrogens is 1.